The predicted octanol–water partition coefficient (Wildman–Crippen LogP) is 2.27. The molecule has 0 saturated heterocycles. The minimum Gasteiger partial charge on any atom is -0.268 e. The number of hydrogen-bond donors (Lipinski definition) is 0. The fourth-order valence-corrected chi connectivity index (χ4v) is 2.66. The molecule has 0 unspecified atom stereocenters. The van der Waals surface area contributed by atoms with Crippen LogP contribution in [0.25, 0.3) is 0 Å². The van der Waals surface area contributed by atoms with Crippen LogP contribution in [0, 0.1) is 5.95 Å². The zero-order chi connectivity index (χ0) is 16.7. The molecular weight excluding hydrogens is 311 g/mol. The normalized spacial score (nSPS) is 13.5. The first-order chi connectivity index (χ1) is 11.6. The zero-order valence-electron chi connectivity index (χ0n) is 12.4. The molecule has 24 heavy (non-hydrogen) atoms. The molecule has 1 aliphatic rings. The van der Waals surface area contributed by atoms with Crippen LogP contribution < -0.4 is 4.90 Å². The number of nitrogens with zero attached hydrogens (tertiary/aromatic N) is 4. The highest BCUT2D eigenvalue weighted by atomic mass is 19.1. The van der Waals surface area contributed by atoms with Gasteiger partial charge in [0.2, 0.25) is 5.95 Å². The largest absolute Gasteiger partial charge is 0.268 e. The van der Waals surface area contributed by atoms with Crippen LogP contribution in [0.15, 0.2) is 54.7 Å². The number of benzene rings is 1. The molecule has 0 fully saturated rings. The van der Waals surface area contributed by atoms with Gasteiger partial charge in [0.25, 0.3) is 11.8 Å². The van der Waals surface area contributed by atoms with E-state index in [0.29, 0.717) is 16.8 Å². The van der Waals surface area contributed by atoms with Gasteiger partial charge in [-0.25, -0.2) is 9.88 Å². The summed E-state index contributed by atoms with van der Waals surface area (Å²) in [5.74, 6) is -1.13. The van der Waals surface area contributed by atoms with Crippen molar-refractivity contribution in [1.82, 2.24) is 14.8 Å². The maximum absolute atomic E-state index is 13.1. The van der Waals surface area contributed by atoms with Crippen molar-refractivity contribution < 1.29 is 14.0 Å². The third kappa shape index (κ3) is 2.26. The number of amides is 2. The van der Waals surface area contributed by atoms with E-state index in [1.807, 2.05) is 0 Å². The highest BCUT2D eigenvalue weighted by Crippen LogP contribution is 2.26. The van der Waals surface area contributed by atoms with Crippen LogP contribution in [0.2, 0.25) is 0 Å². The van der Waals surface area contributed by atoms with Crippen molar-refractivity contribution in [2.75, 3.05) is 4.90 Å². The van der Waals surface area contributed by atoms with Crippen molar-refractivity contribution in [2.45, 2.75) is 6.54 Å². The number of imide groups is 1. The molecule has 6 nitrogen and oxygen atoms in total. The second-order valence-electron chi connectivity index (χ2n) is 5.31. The summed E-state index contributed by atoms with van der Waals surface area (Å²) < 4.78 is 14.6. The number of hydrogen-bond acceptors (Lipinski definition) is 4. The van der Waals surface area contributed by atoms with Crippen LogP contribution in [-0.2, 0) is 6.54 Å². The summed E-state index contributed by atoms with van der Waals surface area (Å²) in [6.45, 7) is 0.237. The van der Waals surface area contributed by atoms with Gasteiger partial charge in [-0.15, -0.1) is 0 Å². The molecule has 1 aromatic carbocycles. The van der Waals surface area contributed by atoms with Gasteiger partial charge in [0.15, 0.2) is 5.82 Å². The number of fused-ring (bicyclic) bond motifs is 1. The Hall–Kier alpha value is -3.35. The van der Waals surface area contributed by atoms with Crippen molar-refractivity contribution in [1.29, 1.82) is 0 Å². The van der Waals surface area contributed by atoms with Crippen LogP contribution in [0.1, 0.15) is 26.4 Å². The van der Waals surface area contributed by atoms with Gasteiger partial charge in [-0.2, -0.15) is 9.49 Å². The lowest BCUT2D eigenvalue weighted by molar-refractivity contribution is 0.0925. The molecule has 0 bridgehead atoms. The molecule has 0 N–H and O–H groups in total. The van der Waals surface area contributed by atoms with Gasteiger partial charge >= 0.3 is 0 Å². The molecule has 7 heteroatoms. The second-order valence-corrected chi connectivity index (χ2v) is 5.31. The summed E-state index contributed by atoms with van der Waals surface area (Å²) >= 11 is 0. The summed E-state index contributed by atoms with van der Waals surface area (Å²) in [5.41, 5.74) is 1.22. The number of carbonyl (C=O) groups is 2. The van der Waals surface area contributed by atoms with Gasteiger partial charge in [0.05, 0.1) is 23.4 Å². The van der Waals surface area contributed by atoms with Crippen molar-refractivity contribution in [2.24, 2.45) is 0 Å². The molecule has 118 valence electrons. The lowest BCUT2D eigenvalue weighted by Crippen LogP contribution is -2.29. The number of anilines is 1. The molecule has 2 aromatic heterocycles. The van der Waals surface area contributed by atoms with Crippen molar-refractivity contribution in [3.8, 4) is 0 Å². The van der Waals surface area contributed by atoms with Crippen LogP contribution >= 0.6 is 0 Å². The van der Waals surface area contributed by atoms with Gasteiger partial charge in [-0.1, -0.05) is 18.2 Å². The Morgan fingerprint density at radius 2 is 1.62 bits per heavy atom. The topological polar surface area (TPSA) is 68.1 Å². The van der Waals surface area contributed by atoms with E-state index in [-0.39, 0.29) is 12.4 Å². The molecule has 0 aliphatic carbocycles. The van der Waals surface area contributed by atoms with E-state index in [9.17, 15) is 14.0 Å². The Balaban J connectivity index is 1.62. The zero-order valence-corrected chi connectivity index (χ0v) is 12.4. The van der Waals surface area contributed by atoms with Crippen LogP contribution in [0.5, 0.6) is 0 Å². The number of halogens is 1. The summed E-state index contributed by atoms with van der Waals surface area (Å²) in [7, 11) is 0. The molecule has 3 heterocycles. The fraction of sp³-hybridized carbons (Fsp3) is 0.0588. The smallest absolute Gasteiger partial charge is 0.267 e. The van der Waals surface area contributed by atoms with E-state index in [2.05, 4.69) is 10.1 Å². The van der Waals surface area contributed by atoms with E-state index in [0.717, 1.165) is 4.90 Å². The van der Waals surface area contributed by atoms with Gasteiger partial charge in [0, 0.05) is 12.3 Å². The molecule has 4 rings (SSSR count). The predicted molar refractivity (Wildman–Crippen MR) is 83.1 cm³/mol. The minimum absolute atomic E-state index is 0.234. The Labute approximate surface area is 136 Å². The molecule has 0 atom stereocenters. The summed E-state index contributed by atoms with van der Waals surface area (Å²) in [5, 5.41) is 4.24. The van der Waals surface area contributed by atoms with Crippen LogP contribution in [0.3, 0.4) is 0 Å². The summed E-state index contributed by atoms with van der Waals surface area (Å²) in [6, 6.07) is 12.7. The standard InChI is InChI=1S/C17H11FN4O2/c18-14-7-3-4-11(19-14)10-21-9-8-15(20-21)22-16(23)12-5-1-2-6-13(12)17(22)24/h1-9H,10H2. The minimum atomic E-state index is -0.569. The average molecular weight is 322 g/mol. The lowest BCUT2D eigenvalue weighted by Gasteiger charge is -2.09. The van der Waals surface area contributed by atoms with Gasteiger partial charge in [-0.05, 0) is 24.3 Å². The molecule has 2 amide bonds. The number of aromatic nitrogens is 3. The Kier molecular flexibility index (Phi) is 3.19. The monoisotopic (exact) mass is 322 g/mol. The SMILES string of the molecule is O=C1c2ccccc2C(=O)N1c1ccn(Cc2cccc(F)n2)n1. The third-order valence-electron chi connectivity index (χ3n) is 3.75. The Morgan fingerprint density at radius 1 is 0.917 bits per heavy atom. The van der Waals surface area contributed by atoms with Crippen molar-refractivity contribution >= 4 is 17.6 Å². The summed E-state index contributed by atoms with van der Waals surface area (Å²) in [4.78, 5) is 29.6. The van der Waals surface area contributed by atoms with Gasteiger partial charge in [-0.3, -0.25) is 14.3 Å². The Morgan fingerprint density at radius 3 is 2.29 bits per heavy atom. The Bertz CT molecular complexity index is 931. The quantitative estimate of drug-likeness (QED) is 0.548. The molecule has 0 spiro atoms. The average Bonchev–Trinajstić information content (AvgIpc) is 3.11. The molecular formula is C17H11FN4O2. The highest BCUT2D eigenvalue weighted by Gasteiger charge is 2.37. The van der Waals surface area contributed by atoms with E-state index < -0.39 is 17.8 Å². The lowest BCUT2D eigenvalue weighted by atomic mass is 10.1. The van der Waals surface area contributed by atoms with E-state index in [1.54, 1.807) is 48.7 Å². The maximum Gasteiger partial charge on any atom is 0.267 e. The highest BCUT2D eigenvalue weighted by molar-refractivity contribution is 6.34. The first-order valence-corrected chi connectivity index (χ1v) is 7.26. The van der Waals surface area contributed by atoms with E-state index in [4.69, 9.17) is 0 Å². The number of carbonyl (C=O) groups excluding carboxylic acids is 2. The van der Waals surface area contributed by atoms with Crippen molar-refractivity contribution in [3.63, 3.8) is 0 Å². The first kappa shape index (κ1) is 14.3. The molecule has 0 radical (unpaired) electrons. The van der Waals surface area contributed by atoms with E-state index in [1.165, 1.54) is 10.7 Å². The number of pyridine rings is 1. The van der Waals surface area contributed by atoms with Gasteiger partial charge < -0.3 is 0 Å². The van der Waals surface area contributed by atoms with Crippen LogP contribution in [-0.4, -0.2) is 26.6 Å². The van der Waals surface area contributed by atoms with Crippen molar-refractivity contribution in [3.05, 3.63) is 77.5 Å². The number of rotatable bonds is 3. The fourth-order valence-electron chi connectivity index (χ4n) is 2.66. The molecule has 0 saturated carbocycles. The first-order valence-electron chi connectivity index (χ1n) is 7.26. The van der Waals surface area contributed by atoms with Gasteiger partial charge in [0.1, 0.15) is 0 Å². The second kappa shape index (κ2) is 5.38. The third-order valence-corrected chi connectivity index (χ3v) is 3.75. The van der Waals surface area contributed by atoms with E-state index >= 15 is 0 Å². The van der Waals surface area contributed by atoms with Crippen LogP contribution in [0.4, 0.5) is 10.2 Å². The summed E-state index contributed by atoms with van der Waals surface area (Å²) in [6.07, 6.45) is 1.62. The molecule has 3 aromatic rings. The maximum atomic E-state index is 13.1. The molecule has 1 aliphatic heterocycles.